The van der Waals surface area contributed by atoms with Crippen LogP contribution in [0, 0.1) is 5.92 Å². The lowest BCUT2D eigenvalue weighted by atomic mass is 9.98. The molecule has 0 aromatic rings. The molecule has 1 heterocycles. The zero-order chi connectivity index (χ0) is 11.5. The molecule has 88 valence electrons. The Balaban J connectivity index is 2.36. The lowest BCUT2D eigenvalue weighted by Gasteiger charge is -2.30. The highest BCUT2D eigenvalue weighted by Gasteiger charge is 2.25. The average Bonchev–Trinajstić information content (AvgIpc) is 2.05. The minimum absolute atomic E-state index is 0.175. The van der Waals surface area contributed by atoms with Crippen LogP contribution in [0.3, 0.4) is 0 Å². The normalized spacial score (nSPS) is 27.2. The van der Waals surface area contributed by atoms with Crippen molar-refractivity contribution in [1.82, 2.24) is 5.32 Å². The number of carbonyl (C=O) groups excluding carboxylic acids is 1. The number of rotatable bonds is 1. The molecule has 0 saturated carbocycles. The number of carbonyl (C=O) groups is 1. The molecule has 2 unspecified atom stereocenters. The van der Waals surface area contributed by atoms with Gasteiger partial charge < -0.3 is 14.8 Å². The summed E-state index contributed by atoms with van der Waals surface area (Å²) in [6.07, 6.45) is 0.529. The largest absolute Gasteiger partial charge is 0.444 e. The van der Waals surface area contributed by atoms with E-state index in [2.05, 4.69) is 12.2 Å². The van der Waals surface area contributed by atoms with E-state index < -0.39 is 5.60 Å². The Morgan fingerprint density at radius 2 is 2.13 bits per heavy atom. The molecule has 0 bridgehead atoms. The van der Waals surface area contributed by atoms with E-state index in [1.54, 1.807) is 0 Å². The Kier molecular flexibility index (Phi) is 3.97. The Hall–Kier alpha value is -0.770. The number of alkyl carbamates (subject to hydrolysis) is 1. The van der Waals surface area contributed by atoms with Crippen molar-refractivity contribution in [3.63, 3.8) is 0 Å². The van der Waals surface area contributed by atoms with Crippen LogP contribution in [0.1, 0.15) is 34.1 Å². The highest BCUT2D eigenvalue weighted by Crippen LogP contribution is 2.15. The molecular weight excluding hydrogens is 194 g/mol. The molecule has 15 heavy (non-hydrogen) atoms. The third-order valence-electron chi connectivity index (χ3n) is 2.34. The third-order valence-corrected chi connectivity index (χ3v) is 2.34. The molecule has 1 aliphatic heterocycles. The van der Waals surface area contributed by atoms with Crippen LogP contribution in [0.5, 0.6) is 0 Å². The van der Waals surface area contributed by atoms with E-state index in [0.717, 1.165) is 6.42 Å². The first kappa shape index (κ1) is 12.3. The zero-order valence-corrected chi connectivity index (χ0v) is 10.0. The van der Waals surface area contributed by atoms with Crippen LogP contribution in [0.4, 0.5) is 4.79 Å². The van der Waals surface area contributed by atoms with E-state index in [1.165, 1.54) is 0 Å². The molecule has 4 nitrogen and oxygen atoms in total. The summed E-state index contributed by atoms with van der Waals surface area (Å²) in [6, 6.07) is 0.175. The van der Waals surface area contributed by atoms with Gasteiger partial charge in [-0.15, -0.1) is 0 Å². The molecule has 0 aliphatic carbocycles. The lowest BCUT2D eigenvalue weighted by molar-refractivity contribution is 0.0223. The molecule has 0 spiro atoms. The van der Waals surface area contributed by atoms with Crippen LogP contribution >= 0.6 is 0 Å². The average molecular weight is 215 g/mol. The van der Waals surface area contributed by atoms with Gasteiger partial charge in [-0.05, 0) is 33.1 Å². The maximum absolute atomic E-state index is 11.5. The molecule has 2 atom stereocenters. The van der Waals surface area contributed by atoms with Crippen LogP contribution in [0.15, 0.2) is 0 Å². The smallest absolute Gasteiger partial charge is 0.407 e. The summed E-state index contributed by atoms with van der Waals surface area (Å²) in [4.78, 5) is 11.5. The molecule has 4 heteroatoms. The molecule has 1 aliphatic rings. The molecule has 1 fully saturated rings. The topological polar surface area (TPSA) is 47.6 Å². The maximum atomic E-state index is 11.5. The number of hydrogen-bond donors (Lipinski definition) is 1. The minimum atomic E-state index is -0.432. The van der Waals surface area contributed by atoms with Gasteiger partial charge in [-0.25, -0.2) is 4.79 Å². The van der Waals surface area contributed by atoms with Gasteiger partial charge in [0.05, 0.1) is 6.61 Å². The first-order valence-corrected chi connectivity index (χ1v) is 5.46. The van der Waals surface area contributed by atoms with Gasteiger partial charge in [0, 0.05) is 12.6 Å². The second-order valence-corrected chi connectivity index (χ2v) is 5.09. The van der Waals surface area contributed by atoms with Gasteiger partial charge >= 0.3 is 6.09 Å². The van der Waals surface area contributed by atoms with E-state index in [9.17, 15) is 4.79 Å². The fourth-order valence-electron chi connectivity index (χ4n) is 1.55. The predicted molar refractivity (Wildman–Crippen MR) is 57.8 cm³/mol. The fourth-order valence-corrected chi connectivity index (χ4v) is 1.55. The summed E-state index contributed by atoms with van der Waals surface area (Å²) < 4.78 is 10.5. The first-order valence-electron chi connectivity index (χ1n) is 5.46. The fraction of sp³-hybridized carbons (Fsp3) is 0.909. The van der Waals surface area contributed by atoms with Crippen LogP contribution in [-0.2, 0) is 9.47 Å². The summed E-state index contributed by atoms with van der Waals surface area (Å²) in [5, 5.41) is 2.88. The second kappa shape index (κ2) is 4.84. The Morgan fingerprint density at radius 1 is 1.47 bits per heavy atom. The van der Waals surface area contributed by atoms with Gasteiger partial charge in [0.15, 0.2) is 0 Å². The van der Waals surface area contributed by atoms with Gasteiger partial charge in [0.2, 0.25) is 0 Å². The van der Waals surface area contributed by atoms with Crippen molar-refractivity contribution in [3.8, 4) is 0 Å². The Morgan fingerprint density at radius 3 is 2.67 bits per heavy atom. The lowest BCUT2D eigenvalue weighted by Crippen LogP contribution is -2.46. The summed E-state index contributed by atoms with van der Waals surface area (Å²) in [5.41, 5.74) is -0.432. The number of ether oxygens (including phenoxy) is 2. The van der Waals surface area contributed by atoms with Gasteiger partial charge in [0.1, 0.15) is 5.60 Å². The van der Waals surface area contributed by atoms with E-state index in [4.69, 9.17) is 9.47 Å². The van der Waals surface area contributed by atoms with Crippen molar-refractivity contribution in [3.05, 3.63) is 0 Å². The second-order valence-electron chi connectivity index (χ2n) is 5.09. The molecular formula is C11H21NO3. The van der Waals surface area contributed by atoms with Crippen molar-refractivity contribution < 1.29 is 14.3 Å². The quantitative estimate of drug-likeness (QED) is 0.727. The highest BCUT2D eigenvalue weighted by molar-refractivity contribution is 5.68. The van der Waals surface area contributed by atoms with E-state index >= 15 is 0 Å². The zero-order valence-electron chi connectivity index (χ0n) is 10.0. The monoisotopic (exact) mass is 215 g/mol. The summed E-state index contributed by atoms with van der Waals surface area (Å²) in [6.45, 7) is 9.08. The standard InChI is InChI=1S/C11H21NO3/c1-8-7-14-6-5-9(8)12-10(13)15-11(2,3)4/h8-9H,5-7H2,1-4H3,(H,12,13). The maximum Gasteiger partial charge on any atom is 0.407 e. The highest BCUT2D eigenvalue weighted by atomic mass is 16.6. The first-order chi connectivity index (χ1) is 6.88. The Bertz CT molecular complexity index is 222. The summed E-state index contributed by atoms with van der Waals surface area (Å²) in [7, 11) is 0. The van der Waals surface area contributed by atoms with E-state index in [0.29, 0.717) is 19.1 Å². The van der Waals surface area contributed by atoms with Crippen LogP contribution in [-0.4, -0.2) is 30.9 Å². The van der Waals surface area contributed by atoms with Gasteiger partial charge in [-0.3, -0.25) is 0 Å². The van der Waals surface area contributed by atoms with Crippen molar-refractivity contribution in [2.45, 2.75) is 45.8 Å². The van der Waals surface area contributed by atoms with Crippen molar-refractivity contribution in [2.75, 3.05) is 13.2 Å². The number of hydrogen-bond acceptors (Lipinski definition) is 3. The molecule has 1 N–H and O–H groups in total. The van der Waals surface area contributed by atoms with Crippen LogP contribution < -0.4 is 5.32 Å². The Labute approximate surface area is 91.3 Å². The number of amides is 1. The number of nitrogens with one attached hydrogen (secondary N) is 1. The van der Waals surface area contributed by atoms with Crippen molar-refractivity contribution >= 4 is 6.09 Å². The van der Waals surface area contributed by atoms with Crippen LogP contribution in [0.25, 0.3) is 0 Å². The SMILES string of the molecule is CC1COCCC1NC(=O)OC(C)(C)C. The molecule has 1 rings (SSSR count). The van der Waals surface area contributed by atoms with Crippen LogP contribution in [0.2, 0.25) is 0 Å². The van der Waals surface area contributed by atoms with Crippen molar-refractivity contribution in [1.29, 1.82) is 0 Å². The van der Waals surface area contributed by atoms with Gasteiger partial charge in [-0.2, -0.15) is 0 Å². The van der Waals surface area contributed by atoms with Gasteiger partial charge in [0.25, 0.3) is 0 Å². The van der Waals surface area contributed by atoms with E-state index in [1.807, 2.05) is 20.8 Å². The predicted octanol–water partition coefficient (Wildman–Crippen LogP) is 1.94. The van der Waals surface area contributed by atoms with Crippen molar-refractivity contribution in [2.24, 2.45) is 5.92 Å². The molecule has 0 aromatic carbocycles. The van der Waals surface area contributed by atoms with E-state index in [-0.39, 0.29) is 12.1 Å². The molecule has 1 saturated heterocycles. The molecule has 0 radical (unpaired) electrons. The minimum Gasteiger partial charge on any atom is -0.444 e. The molecule has 1 amide bonds. The third kappa shape index (κ3) is 4.51. The summed E-state index contributed by atoms with van der Waals surface area (Å²) >= 11 is 0. The summed E-state index contributed by atoms with van der Waals surface area (Å²) in [5.74, 6) is 0.353. The molecule has 0 aromatic heterocycles. The van der Waals surface area contributed by atoms with Gasteiger partial charge in [-0.1, -0.05) is 6.92 Å².